The summed E-state index contributed by atoms with van der Waals surface area (Å²) in [6.07, 6.45) is 1.82. The van der Waals surface area contributed by atoms with Crippen molar-refractivity contribution in [2.75, 3.05) is 13.8 Å². The van der Waals surface area contributed by atoms with Gasteiger partial charge in [-0.2, -0.15) is 5.10 Å². The maximum atomic E-state index is 5.37. The predicted molar refractivity (Wildman–Crippen MR) is 62.9 cm³/mol. The van der Waals surface area contributed by atoms with Crippen LogP contribution in [0.4, 0.5) is 0 Å². The van der Waals surface area contributed by atoms with Crippen molar-refractivity contribution >= 4 is 0 Å². The number of hydrogen-bond donors (Lipinski definition) is 2. The molecule has 0 atom stereocenters. The minimum absolute atomic E-state index is 0.299. The van der Waals surface area contributed by atoms with Gasteiger partial charge in [0.05, 0.1) is 11.9 Å². The van der Waals surface area contributed by atoms with Crippen LogP contribution >= 0.6 is 0 Å². The van der Waals surface area contributed by atoms with Crippen molar-refractivity contribution in [3.8, 4) is 22.6 Å². The van der Waals surface area contributed by atoms with Crippen LogP contribution in [-0.2, 0) is 6.54 Å². The van der Waals surface area contributed by atoms with Crippen LogP contribution < -0.4 is 14.8 Å². The molecule has 0 saturated heterocycles. The van der Waals surface area contributed by atoms with E-state index in [0.29, 0.717) is 6.79 Å². The molecule has 0 radical (unpaired) electrons. The number of ether oxygens (including phenoxy) is 2. The second kappa shape index (κ2) is 4.10. The summed E-state index contributed by atoms with van der Waals surface area (Å²) in [6, 6.07) is 5.91. The van der Waals surface area contributed by atoms with Crippen LogP contribution in [0.1, 0.15) is 5.69 Å². The Morgan fingerprint density at radius 3 is 3.12 bits per heavy atom. The van der Waals surface area contributed by atoms with Gasteiger partial charge in [0, 0.05) is 12.1 Å². The fourth-order valence-corrected chi connectivity index (χ4v) is 1.94. The number of aromatic amines is 1. The molecule has 2 heterocycles. The van der Waals surface area contributed by atoms with Crippen molar-refractivity contribution in [2.45, 2.75) is 6.54 Å². The topological polar surface area (TPSA) is 59.2 Å². The second-order valence-electron chi connectivity index (χ2n) is 3.86. The first kappa shape index (κ1) is 10.2. The smallest absolute Gasteiger partial charge is 0.231 e. The molecule has 3 rings (SSSR count). The monoisotopic (exact) mass is 231 g/mol. The number of hydrogen-bond acceptors (Lipinski definition) is 4. The Kier molecular flexibility index (Phi) is 2.45. The van der Waals surface area contributed by atoms with Gasteiger partial charge in [-0.25, -0.2) is 0 Å². The SMILES string of the molecule is CNCc1[nH]ncc1-c1ccc2c(c1)OCO2. The number of H-pyrrole nitrogens is 1. The Labute approximate surface area is 98.8 Å². The third-order valence-electron chi connectivity index (χ3n) is 2.76. The Morgan fingerprint density at radius 1 is 1.35 bits per heavy atom. The van der Waals surface area contributed by atoms with Gasteiger partial charge in [-0.1, -0.05) is 6.07 Å². The van der Waals surface area contributed by atoms with Crippen LogP contribution in [-0.4, -0.2) is 24.0 Å². The zero-order valence-corrected chi connectivity index (χ0v) is 9.49. The van der Waals surface area contributed by atoms with Gasteiger partial charge in [0.25, 0.3) is 0 Å². The minimum atomic E-state index is 0.299. The highest BCUT2D eigenvalue weighted by molar-refractivity contribution is 5.68. The van der Waals surface area contributed by atoms with Crippen LogP contribution in [0.25, 0.3) is 11.1 Å². The van der Waals surface area contributed by atoms with Crippen molar-refractivity contribution in [1.82, 2.24) is 15.5 Å². The molecule has 5 nitrogen and oxygen atoms in total. The maximum absolute atomic E-state index is 5.37. The number of benzene rings is 1. The number of rotatable bonds is 3. The van der Waals surface area contributed by atoms with Crippen LogP contribution in [0, 0.1) is 0 Å². The summed E-state index contributed by atoms with van der Waals surface area (Å²) >= 11 is 0. The van der Waals surface area contributed by atoms with Crippen LogP contribution in [0.2, 0.25) is 0 Å². The average molecular weight is 231 g/mol. The van der Waals surface area contributed by atoms with E-state index in [4.69, 9.17) is 9.47 Å². The van der Waals surface area contributed by atoms with Gasteiger partial charge in [-0.15, -0.1) is 0 Å². The third kappa shape index (κ3) is 1.74. The Morgan fingerprint density at radius 2 is 2.24 bits per heavy atom. The molecule has 0 aliphatic carbocycles. The van der Waals surface area contributed by atoms with E-state index in [0.717, 1.165) is 34.9 Å². The molecular formula is C12H13N3O2. The lowest BCUT2D eigenvalue weighted by Gasteiger charge is -2.04. The Bertz CT molecular complexity index is 536. The van der Waals surface area contributed by atoms with E-state index in [1.807, 2.05) is 31.4 Å². The molecule has 17 heavy (non-hydrogen) atoms. The average Bonchev–Trinajstić information content (AvgIpc) is 2.96. The highest BCUT2D eigenvalue weighted by atomic mass is 16.7. The third-order valence-corrected chi connectivity index (χ3v) is 2.76. The molecule has 0 saturated carbocycles. The lowest BCUT2D eigenvalue weighted by atomic mass is 10.1. The molecule has 0 fully saturated rings. The molecule has 0 spiro atoms. The fourth-order valence-electron chi connectivity index (χ4n) is 1.94. The van der Waals surface area contributed by atoms with Crippen molar-refractivity contribution < 1.29 is 9.47 Å². The predicted octanol–water partition coefficient (Wildman–Crippen LogP) is 1.52. The molecule has 0 unspecified atom stereocenters. The molecule has 1 aromatic carbocycles. The van der Waals surface area contributed by atoms with Gasteiger partial charge in [0.2, 0.25) is 6.79 Å². The summed E-state index contributed by atoms with van der Waals surface area (Å²) in [5, 5.41) is 10.2. The molecule has 1 aromatic heterocycles. The fraction of sp³-hybridized carbons (Fsp3) is 0.250. The molecule has 0 bridgehead atoms. The number of nitrogens with one attached hydrogen (secondary N) is 2. The highest BCUT2D eigenvalue weighted by Gasteiger charge is 2.15. The van der Waals surface area contributed by atoms with Gasteiger partial charge in [-0.05, 0) is 24.7 Å². The maximum Gasteiger partial charge on any atom is 0.231 e. The second-order valence-corrected chi connectivity index (χ2v) is 3.86. The summed E-state index contributed by atoms with van der Waals surface area (Å²) in [7, 11) is 1.91. The normalized spacial score (nSPS) is 13.0. The van der Waals surface area contributed by atoms with E-state index >= 15 is 0 Å². The molecule has 1 aliphatic heterocycles. The largest absolute Gasteiger partial charge is 0.454 e. The van der Waals surface area contributed by atoms with Gasteiger partial charge in [-0.3, -0.25) is 5.10 Å². The van der Waals surface area contributed by atoms with Crippen molar-refractivity contribution in [1.29, 1.82) is 0 Å². The summed E-state index contributed by atoms with van der Waals surface area (Å²) in [6.45, 7) is 1.05. The molecule has 2 aromatic rings. The lowest BCUT2D eigenvalue weighted by Crippen LogP contribution is -2.06. The lowest BCUT2D eigenvalue weighted by molar-refractivity contribution is 0.174. The van der Waals surface area contributed by atoms with Crippen LogP contribution in [0.15, 0.2) is 24.4 Å². The number of nitrogens with zero attached hydrogens (tertiary/aromatic N) is 1. The van der Waals surface area contributed by atoms with Gasteiger partial charge >= 0.3 is 0 Å². The van der Waals surface area contributed by atoms with E-state index < -0.39 is 0 Å². The van der Waals surface area contributed by atoms with Gasteiger partial charge in [0.1, 0.15) is 0 Å². The van der Waals surface area contributed by atoms with E-state index in [1.54, 1.807) is 0 Å². The first-order valence-corrected chi connectivity index (χ1v) is 5.45. The summed E-state index contributed by atoms with van der Waals surface area (Å²) < 4.78 is 10.7. The van der Waals surface area contributed by atoms with E-state index in [2.05, 4.69) is 15.5 Å². The quantitative estimate of drug-likeness (QED) is 0.841. The van der Waals surface area contributed by atoms with Crippen molar-refractivity contribution in [3.63, 3.8) is 0 Å². The molecule has 88 valence electrons. The number of aromatic nitrogens is 2. The minimum Gasteiger partial charge on any atom is -0.454 e. The van der Waals surface area contributed by atoms with Crippen molar-refractivity contribution in [2.24, 2.45) is 0 Å². The Hall–Kier alpha value is -2.01. The standard InChI is InChI=1S/C12H13N3O2/c1-13-6-10-9(5-14-15-10)8-2-3-11-12(4-8)17-7-16-11/h2-5,13H,6-7H2,1H3,(H,14,15). The van der Waals surface area contributed by atoms with Crippen molar-refractivity contribution in [3.05, 3.63) is 30.1 Å². The molecule has 1 aliphatic rings. The number of fused-ring (bicyclic) bond motifs is 1. The zero-order valence-electron chi connectivity index (χ0n) is 9.49. The van der Waals surface area contributed by atoms with E-state index in [-0.39, 0.29) is 0 Å². The molecule has 5 heteroatoms. The molecule has 2 N–H and O–H groups in total. The summed E-state index contributed by atoms with van der Waals surface area (Å²) in [5.41, 5.74) is 3.22. The van der Waals surface area contributed by atoms with E-state index in [1.165, 1.54) is 0 Å². The zero-order chi connectivity index (χ0) is 11.7. The van der Waals surface area contributed by atoms with Gasteiger partial charge in [0.15, 0.2) is 11.5 Å². The summed E-state index contributed by atoms with van der Waals surface area (Å²) in [5.74, 6) is 1.59. The van der Waals surface area contributed by atoms with E-state index in [9.17, 15) is 0 Å². The first-order chi connectivity index (χ1) is 8.38. The highest BCUT2D eigenvalue weighted by Crippen LogP contribution is 2.36. The molecular weight excluding hydrogens is 218 g/mol. The van der Waals surface area contributed by atoms with Crippen LogP contribution in [0.5, 0.6) is 11.5 Å². The van der Waals surface area contributed by atoms with Crippen LogP contribution in [0.3, 0.4) is 0 Å². The Balaban J connectivity index is 2.00. The first-order valence-electron chi connectivity index (χ1n) is 5.45. The van der Waals surface area contributed by atoms with Gasteiger partial charge < -0.3 is 14.8 Å². The molecule has 0 amide bonds. The summed E-state index contributed by atoms with van der Waals surface area (Å²) in [4.78, 5) is 0.